The summed E-state index contributed by atoms with van der Waals surface area (Å²) in [5.74, 6) is 6.32. The highest BCUT2D eigenvalue weighted by atomic mass is 35.5. The smallest absolute Gasteiger partial charge is 0.119 e. The number of ether oxygens (including phenoxy) is 1. The Balaban J connectivity index is 1.87. The lowest BCUT2D eigenvalue weighted by Gasteiger charge is -2.15. The molecule has 2 rings (SSSR count). The zero-order valence-electron chi connectivity index (χ0n) is 10.6. The van der Waals surface area contributed by atoms with Gasteiger partial charge in [-0.05, 0) is 31.2 Å². The van der Waals surface area contributed by atoms with Gasteiger partial charge in [0.25, 0.3) is 0 Å². The standard InChI is InChI=1S/C13H16ClN3OS/c1-9-16-12(8-19-9)6-11(17-15)7-18-13-4-2-10(14)3-5-13/h2-5,8,11,17H,6-7,15H2,1H3. The minimum atomic E-state index is 0.0252. The highest BCUT2D eigenvalue weighted by Crippen LogP contribution is 2.16. The van der Waals surface area contributed by atoms with E-state index < -0.39 is 0 Å². The average molecular weight is 298 g/mol. The molecule has 1 unspecified atom stereocenters. The van der Waals surface area contributed by atoms with Gasteiger partial charge in [0.05, 0.1) is 16.7 Å². The van der Waals surface area contributed by atoms with Crippen molar-refractivity contribution in [2.45, 2.75) is 19.4 Å². The number of aryl methyl sites for hydroxylation is 1. The van der Waals surface area contributed by atoms with Crippen molar-refractivity contribution in [3.63, 3.8) is 0 Å². The quantitative estimate of drug-likeness (QED) is 0.635. The molecule has 0 aliphatic carbocycles. The number of thiazole rings is 1. The van der Waals surface area contributed by atoms with Gasteiger partial charge in [0.2, 0.25) is 0 Å². The van der Waals surface area contributed by atoms with Crippen LogP contribution >= 0.6 is 22.9 Å². The third-order valence-electron chi connectivity index (χ3n) is 2.62. The van der Waals surface area contributed by atoms with Gasteiger partial charge in [-0.1, -0.05) is 11.6 Å². The van der Waals surface area contributed by atoms with Crippen LogP contribution in [0.4, 0.5) is 0 Å². The van der Waals surface area contributed by atoms with Gasteiger partial charge < -0.3 is 4.74 Å². The normalized spacial score (nSPS) is 12.4. The van der Waals surface area contributed by atoms with E-state index in [9.17, 15) is 0 Å². The Kier molecular flexibility index (Phi) is 5.15. The molecule has 19 heavy (non-hydrogen) atoms. The minimum absolute atomic E-state index is 0.0252. The van der Waals surface area contributed by atoms with Gasteiger partial charge in [0.1, 0.15) is 12.4 Å². The van der Waals surface area contributed by atoms with Crippen molar-refractivity contribution in [2.24, 2.45) is 5.84 Å². The van der Waals surface area contributed by atoms with E-state index in [2.05, 4.69) is 10.4 Å². The fraction of sp³-hybridized carbons (Fsp3) is 0.308. The molecule has 1 aromatic carbocycles. The Bertz CT molecular complexity index is 515. The molecule has 4 nitrogen and oxygen atoms in total. The Morgan fingerprint density at radius 2 is 2.16 bits per heavy atom. The Morgan fingerprint density at radius 3 is 2.74 bits per heavy atom. The zero-order chi connectivity index (χ0) is 13.7. The first-order valence-electron chi connectivity index (χ1n) is 5.93. The third kappa shape index (κ3) is 4.47. The SMILES string of the molecule is Cc1nc(CC(COc2ccc(Cl)cc2)NN)cs1. The van der Waals surface area contributed by atoms with Crippen LogP contribution in [0.3, 0.4) is 0 Å². The molecular formula is C13H16ClN3OS. The van der Waals surface area contributed by atoms with E-state index in [4.69, 9.17) is 22.2 Å². The van der Waals surface area contributed by atoms with Crippen LogP contribution < -0.4 is 16.0 Å². The van der Waals surface area contributed by atoms with Crippen LogP contribution in [0.1, 0.15) is 10.7 Å². The molecule has 2 aromatic rings. The van der Waals surface area contributed by atoms with Gasteiger partial charge >= 0.3 is 0 Å². The van der Waals surface area contributed by atoms with Crippen molar-refractivity contribution in [3.8, 4) is 5.75 Å². The fourth-order valence-electron chi connectivity index (χ4n) is 1.65. The van der Waals surface area contributed by atoms with E-state index >= 15 is 0 Å². The molecule has 102 valence electrons. The van der Waals surface area contributed by atoms with E-state index in [-0.39, 0.29) is 6.04 Å². The molecule has 0 spiro atoms. The summed E-state index contributed by atoms with van der Waals surface area (Å²) in [7, 11) is 0. The molecule has 1 aromatic heterocycles. The number of hydrogen-bond acceptors (Lipinski definition) is 5. The summed E-state index contributed by atoms with van der Waals surface area (Å²) in [6.07, 6.45) is 0.744. The van der Waals surface area contributed by atoms with Gasteiger partial charge in [0.15, 0.2) is 0 Å². The predicted octanol–water partition coefficient (Wildman–Crippen LogP) is 2.56. The molecule has 0 radical (unpaired) electrons. The van der Waals surface area contributed by atoms with Gasteiger partial charge in [-0.2, -0.15) is 0 Å². The van der Waals surface area contributed by atoms with Gasteiger partial charge in [-0.15, -0.1) is 11.3 Å². The maximum atomic E-state index is 5.82. The molecule has 0 saturated carbocycles. The van der Waals surface area contributed by atoms with E-state index in [0.717, 1.165) is 22.9 Å². The third-order valence-corrected chi connectivity index (χ3v) is 3.70. The number of nitrogens with zero attached hydrogens (tertiary/aromatic N) is 1. The first kappa shape index (κ1) is 14.3. The molecule has 6 heteroatoms. The van der Waals surface area contributed by atoms with Crippen LogP contribution in [0.5, 0.6) is 5.75 Å². The average Bonchev–Trinajstić information content (AvgIpc) is 2.82. The molecule has 1 heterocycles. The van der Waals surface area contributed by atoms with Gasteiger partial charge in [-0.3, -0.25) is 11.3 Å². The second kappa shape index (κ2) is 6.86. The summed E-state index contributed by atoms with van der Waals surface area (Å²) in [5.41, 5.74) is 3.79. The van der Waals surface area contributed by atoms with E-state index in [0.29, 0.717) is 11.6 Å². The Morgan fingerprint density at radius 1 is 1.42 bits per heavy atom. The highest BCUT2D eigenvalue weighted by Gasteiger charge is 2.11. The van der Waals surface area contributed by atoms with Crippen LogP contribution in [0.2, 0.25) is 5.02 Å². The first-order valence-corrected chi connectivity index (χ1v) is 7.18. The summed E-state index contributed by atoms with van der Waals surface area (Å²) in [4.78, 5) is 4.41. The number of hydrazine groups is 1. The maximum absolute atomic E-state index is 5.82. The van der Waals surface area contributed by atoms with Crippen molar-refractivity contribution >= 4 is 22.9 Å². The summed E-state index contributed by atoms with van der Waals surface area (Å²) in [5, 5.41) is 3.80. The molecule has 0 bridgehead atoms. The summed E-state index contributed by atoms with van der Waals surface area (Å²) < 4.78 is 5.67. The van der Waals surface area contributed by atoms with Crippen molar-refractivity contribution in [1.82, 2.24) is 10.4 Å². The van der Waals surface area contributed by atoms with Crippen LogP contribution in [-0.2, 0) is 6.42 Å². The van der Waals surface area contributed by atoms with Crippen molar-refractivity contribution < 1.29 is 4.74 Å². The van der Waals surface area contributed by atoms with Crippen LogP contribution in [0.15, 0.2) is 29.6 Å². The number of nitrogens with one attached hydrogen (secondary N) is 1. The molecule has 0 aliphatic heterocycles. The highest BCUT2D eigenvalue weighted by molar-refractivity contribution is 7.09. The topological polar surface area (TPSA) is 60.2 Å². The fourth-order valence-corrected chi connectivity index (χ4v) is 2.40. The lowest BCUT2D eigenvalue weighted by molar-refractivity contribution is 0.263. The molecular weight excluding hydrogens is 282 g/mol. The molecule has 3 N–H and O–H groups in total. The second-order valence-corrected chi connectivity index (χ2v) is 5.69. The number of rotatable bonds is 6. The van der Waals surface area contributed by atoms with Crippen molar-refractivity contribution in [1.29, 1.82) is 0 Å². The first-order chi connectivity index (χ1) is 9.17. The summed E-state index contributed by atoms with van der Waals surface area (Å²) in [6.45, 7) is 2.47. The summed E-state index contributed by atoms with van der Waals surface area (Å²) >= 11 is 7.45. The van der Waals surface area contributed by atoms with E-state index in [1.165, 1.54) is 0 Å². The lowest BCUT2D eigenvalue weighted by Crippen LogP contribution is -2.41. The molecule has 1 atom stereocenters. The van der Waals surface area contributed by atoms with Gasteiger partial charge in [-0.25, -0.2) is 4.98 Å². The molecule has 0 amide bonds. The van der Waals surface area contributed by atoms with Crippen LogP contribution in [0.25, 0.3) is 0 Å². The monoisotopic (exact) mass is 297 g/mol. The Hall–Kier alpha value is -1.14. The lowest BCUT2D eigenvalue weighted by atomic mass is 10.2. The van der Waals surface area contributed by atoms with Crippen LogP contribution in [-0.4, -0.2) is 17.6 Å². The number of nitrogens with two attached hydrogens (primary N) is 1. The Labute approximate surface area is 121 Å². The van der Waals surface area contributed by atoms with Crippen molar-refractivity contribution in [2.75, 3.05) is 6.61 Å². The zero-order valence-corrected chi connectivity index (χ0v) is 12.2. The number of halogens is 1. The summed E-state index contributed by atoms with van der Waals surface area (Å²) in [6, 6.07) is 7.29. The molecule has 0 fully saturated rings. The van der Waals surface area contributed by atoms with E-state index in [1.807, 2.05) is 24.4 Å². The number of benzene rings is 1. The van der Waals surface area contributed by atoms with Crippen molar-refractivity contribution in [3.05, 3.63) is 45.4 Å². The van der Waals surface area contributed by atoms with Gasteiger partial charge in [0, 0.05) is 16.8 Å². The molecule has 0 saturated heterocycles. The van der Waals surface area contributed by atoms with E-state index in [1.54, 1.807) is 23.5 Å². The number of hydrogen-bond donors (Lipinski definition) is 2. The minimum Gasteiger partial charge on any atom is -0.492 e. The predicted molar refractivity (Wildman–Crippen MR) is 78.6 cm³/mol. The molecule has 0 aliphatic rings. The largest absolute Gasteiger partial charge is 0.492 e. The number of aromatic nitrogens is 1. The van der Waals surface area contributed by atoms with Crippen LogP contribution in [0, 0.1) is 6.92 Å². The maximum Gasteiger partial charge on any atom is 0.119 e. The second-order valence-electron chi connectivity index (χ2n) is 4.19.